The minimum Gasteiger partial charge on any atom is -0.396 e. The molecule has 1 aliphatic heterocycles. The first-order valence-corrected chi connectivity index (χ1v) is 12.2. The van der Waals surface area contributed by atoms with Gasteiger partial charge >= 0.3 is 0 Å². The van der Waals surface area contributed by atoms with Crippen molar-refractivity contribution in [3.8, 4) is 11.3 Å². The second-order valence-electron chi connectivity index (χ2n) is 9.47. The van der Waals surface area contributed by atoms with Crippen molar-refractivity contribution in [2.24, 2.45) is 13.0 Å². The lowest BCUT2D eigenvalue weighted by Crippen LogP contribution is -2.35. The summed E-state index contributed by atoms with van der Waals surface area (Å²) in [5.41, 5.74) is 4.34. The van der Waals surface area contributed by atoms with Crippen molar-refractivity contribution in [1.82, 2.24) is 24.5 Å². The molecule has 3 aromatic heterocycles. The third kappa shape index (κ3) is 4.95. The summed E-state index contributed by atoms with van der Waals surface area (Å²) in [6.07, 6.45) is 6.57. The van der Waals surface area contributed by atoms with Gasteiger partial charge in [-0.2, -0.15) is 10.2 Å². The van der Waals surface area contributed by atoms with Crippen LogP contribution in [0.25, 0.3) is 22.2 Å². The lowest BCUT2D eigenvalue weighted by Gasteiger charge is -2.34. The van der Waals surface area contributed by atoms with Gasteiger partial charge in [-0.1, -0.05) is 6.07 Å². The Labute approximate surface area is 209 Å². The summed E-state index contributed by atoms with van der Waals surface area (Å²) in [6, 6.07) is 9.34. The molecular weight excluding hydrogens is 458 g/mol. The maximum absolute atomic E-state index is 13.3. The molecule has 4 heterocycles. The Kier molecular flexibility index (Phi) is 6.71. The van der Waals surface area contributed by atoms with Gasteiger partial charge in [-0.05, 0) is 49.9 Å². The molecule has 0 bridgehead atoms. The Bertz CT molecular complexity index is 1370. The second kappa shape index (κ2) is 10.1. The number of piperidine rings is 1. The fourth-order valence-electron chi connectivity index (χ4n) is 4.68. The number of nitrogens with zero attached hydrogens (tertiary/aromatic N) is 6. The van der Waals surface area contributed by atoms with E-state index in [1.165, 1.54) is 0 Å². The molecule has 1 aromatic carbocycles. The maximum Gasteiger partial charge on any atom is 0.274 e. The summed E-state index contributed by atoms with van der Waals surface area (Å²) in [5, 5.41) is 31.8. The first kappa shape index (κ1) is 24.0. The Morgan fingerprint density at radius 3 is 2.75 bits per heavy atom. The van der Waals surface area contributed by atoms with Crippen LogP contribution >= 0.6 is 0 Å². The van der Waals surface area contributed by atoms with E-state index in [9.17, 15) is 15.0 Å². The van der Waals surface area contributed by atoms with Crippen molar-refractivity contribution in [2.45, 2.75) is 32.4 Å². The minimum atomic E-state index is -0.511. The molecule has 0 unspecified atom stereocenters. The summed E-state index contributed by atoms with van der Waals surface area (Å²) in [4.78, 5) is 20.2. The molecule has 36 heavy (non-hydrogen) atoms. The number of carbonyl (C=O) groups is 1. The van der Waals surface area contributed by atoms with Crippen LogP contribution in [0.2, 0.25) is 0 Å². The number of nitrogens with one attached hydrogen (secondary N) is 1. The quantitative estimate of drug-likeness (QED) is 0.365. The van der Waals surface area contributed by atoms with Crippen molar-refractivity contribution in [3.05, 3.63) is 54.6 Å². The number of rotatable bonds is 7. The van der Waals surface area contributed by atoms with Crippen molar-refractivity contribution < 1.29 is 15.0 Å². The standard InChI is InChI=1S/C26H31N7O3/c1-17(35)14-33-15-20(13-28-33)21-4-3-5-22(29-21)26(36)30-23-10-19-12-27-31(2)24(19)11-25(23)32-8-6-18(16-34)7-9-32/h3-5,10-13,15,17-18,34-35H,6-9,14,16H2,1-2H3,(H,30,36)/t17-/m0/s1. The highest BCUT2D eigenvalue weighted by Crippen LogP contribution is 2.34. The molecule has 4 aromatic rings. The van der Waals surface area contributed by atoms with Crippen LogP contribution < -0.4 is 10.2 Å². The number of anilines is 2. The third-order valence-corrected chi connectivity index (χ3v) is 6.69. The highest BCUT2D eigenvalue weighted by molar-refractivity contribution is 6.06. The molecule has 1 saturated heterocycles. The van der Waals surface area contributed by atoms with Gasteiger partial charge in [-0.3, -0.25) is 14.2 Å². The largest absolute Gasteiger partial charge is 0.396 e. The van der Waals surface area contributed by atoms with Gasteiger partial charge in [-0.25, -0.2) is 4.98 Å². The van der Waals surface area contributed by atoms with Gasteiger partial charge in [0.05, 0.1) is 47.6 Å². The van der Waals surface area contributed by atoms with E-state index in [1.54, 1.807) is 42.3 Å². The number of aliphatic hydroxyl groups is 2. The lowest BCUT2D eigenvalue weighted by atomic mass is 9.97. The third-order valence-electron chi connectivity index (χ3n) is 6.69. The highest BCUT2D eigenvalue weighted by Gasteiger charge is 2.23. The van der Waals surface area contributed by atoms with Crippen molar-refractivity contribution >= 4 is 28.2 Å². The molecule has 0 saturated carbocycles. The first-order valence-electron chi connectivity index (χ1n) is 12.2. The number of pyridine rings is 1. The predicted molar refractivity (Wildman–Crippen MR) is 138 cm³/mol. The van der Waals surface area contributed by atoms with Crippen LogP contribution in [0.1, 0.15) is 30.3 Å². The van der Waals surface area contributed by atoms with Crippen LogP contribution in [0.15, 0.2) is 48.9 Å². The van der Waals surface area contributed by atoms with Crippen LogP contribution in [0.3, 0.4) is 0 Å². The van der Waals surface area contributed by atoms with Crippen LogP contribution in [0.5, 0.6) is 0 Å². The molecule has 10 heteroatoms. The van der Waals surface area contributed by atoms with Crippen LogP contribution in [0.4, 0.5) is 11.4 Å². The Morgan fingerprint density at radius 2 is 2.00 bits per heavy atom. The average molecular weight is 490 g/mol. The zero-order chi connectivity index (χ0) is 25.2. The monoisotopic (exact) mass is 489 g/mol. The Hall–Kier alpha value is -3.76. The number of carbonyl (C=O) groups excluding carboxylic acids is 1. The second-order valence-corrected chi connectivity index (χ2v) is 9.47. The predicted octanol–water partition coefficient (Wildman–Crippen LogP) is 2.67. The maximum atomic E-state index is 13.3. The van der Waals surface area contributed by atoms with E-state index in [-0.39, 0.29) is 12.5 Å². The zero-order valence-corrected chi connectivity index (χ0v) is 20.5. The number of amides is 1. The van der Waals surface area contributed by atoms with Crippen molar-refractivity contribution in [3.63, 3.8) is 0 Å². The minimum absolute atomic E-state index is 0.206. The number of aryl methyl sites for hydroxylation is 1. The number of benzene rings is 1. The van der Waals surface area contributed by atoms with E-state index < -0.39 is 6.10 Å². The zero-order valence-electron chi connectivity index (χ0n) is 20.5. The van der Waals surface area contributed by atoms with Gasteiger partial charge in [0.2, 0.25) is 0 Å². The van der Waals surface area contributed by atoms with Gasteiger partial charge in [0.25, 0.3) is 5.91 Å². The molecule has 0 aliphatic carbocycles. The summed E-state index contributed by atoms with van der Waals surface area (Å²) in [6.45, 7) is 3.91. The number of hydrogen-bond donors (Lipinski definition) is 3. The van der Waals surface area contributed by atoms with E-state index in [2.05, 4.69) is 31.5 Å². The van der Waals surface area contributed by atoms with E-state index in [0.29, 0.717) is 29.5 Å². The molecule has 1 fully saturated rings. The molecule has 10 nitrogen and oxygen atoms in total. The van der Waals surface area contributed by atoms with Crippen molar-refractivity contribution in [2.75, 3.05) is 29.9 Å². The Balaban J connectivity index is 1.42. The molecule has 1 amide bonds. The van der Waals surface area contributed by atoms with Gasteiger partial charge in [0.1, 0.15) is 5.69 Å². The molecule has 0 radical (unpaired) electrons. The summed E-state index contributed by atoms with van der Waals surface area (Å²) >= 11 is 0. The van der Waals surface area contributed by atoms with E-state index >= 15 is 0 Å². The molecular formula is C26H31N7O3. The smallest absolute Gasteiger partial charge is 0.274 e. The van der Waals surface area contributed by atoms with Gasteiger partial charge in [0.15, 0.2) is 0 Å². The van der Waals surface area contributed by atoms with E-state index in [4.69, 9.17) is 0 Å². The van der Waals surface area contributed by atoms with Gasteiger partial charge in [-0.15, -0.1) is 0 Å². The summed E-state index contributed by atoms with van der Waals surface area (Å²) < 4.78 is 3.48. The molecule has 188 valence electrons. The number of aliphatic hydroxyl groups excluding tert-OH is 2. The summed E-state index contributed by atoms with van der Waals surface area (Å²) in [5.74, 6) is 0.0135. The van der Waals surface area contributed by atoms with Gasteiger partial charge in [0, 0.05) is 43.9 Å². The number of hydrogen-bond acceptors (Lipinski definition) is 7. The average Bonchev–Trinajstić information content (AvgIpc) is 3.49. The Morgan fingerprint density at radius 1 is 1.19 bits per heavy atom. The van der Waals surface area contributed by atoms with Gasteiger partial charge < -0.3 is 20.4 Å². The first-order chi connectivity index (χ1) is 17.4. The fraction of sp³-hybridized carbons (Fsp3) is 0.385. The topological polar surface area (TPSA) is 121 Å². The molecule has 0 spiro atoms. The number of aromatic nitrogens is 5. The molecule has 5 rings (SSSR count). The molecule has 3 N–H and O–H groups in total. The van der Waals surface area contributed by atoms with Crippen LogP contribution in [0, 0.1) is 5.92 Å². The molecule has 1 atom stereocenters. The molecule has 1 aliphatic rings. The fourth-order valence-corrected chi connectivity index (χ4v) is 4.68. The lowest BCUT2D eigenvalue weighted by molar-refractivity contribution is 0.102. The number of fused-ring (bicyclic) bond motifs is 1. The SMILES string of the molecule is C[C@H](O)Cn1cc(-c2cccc(C(=O)Nc3cc4cnn(C)c4cc3N3CCC(CO)CC3)n2)cn1. The van der Waals surface area contributed by atoms with Crippen molar-refractivity contribution in [1.29, 1.82) is 0 Å². The van der Waals surface area contributed by atoms with Crippen LogP contribution in [-0.2, 0) is 13.6 Å². The van der Waals surface area contributed by atoms with E-state index in [0.717, 1.165) is 48.1 Å². The normalized spacial score (nSPS) is 15.4. The van der Waals surface area contributed by atoms with E-state index in [1.807, 2.05) is 23.9 Å². The summed E-state index contributed by atoms with van der Waals surface area (Å²) in [7, 11) is 1.90. The highest BCUT2D eigenvalue weighted by atomic mass is 16.3. The van der Waals surface area contributed by atoms with Crippen LogP contribution in [-0.4, -0.2) is 66.5 Å².